The van der Waals surface area contributed by atoms with Gasteiger partial charge >= 0.3 is 12.0 Å². The summed E-state index contributed by atoms with van der Waals surface area (Å²) in [5, 5.41) is 20.3. The maximum Gasteiger partial charge on any atom is 0.326 e. The Bertz CT molecular complexity index is 308. The highest BCUT2D eigenvalue weighted by Crippen LogP contribution is 2.01. The second-order valence-electron chi connectivity index (χ2n) is 5.50. The van der Waals surface area contributed by atoms with Crippen LogP contribution in [0, 0.1) is 5.92 Å². The van der Waals surface area contributed by atoms with Crippen molar-refractivity contribution in [1.82, 2.24) is 15.1 Å². The number of hydrogen-bond donors (Lipinski definition) is 3. The molecule has 0 saturated heterocycles. The van der Waals surface area contributed by atoms with Crippen LogP contribution >= 0.6 is 0 Å². The van der Waals surface area contributed by atoms with E-state index in [-0.39, 0.29) is 13.0 Å². The molecule has 0 aromatic carbocycles. The van der Waals surface area contributed by atoms with Crippen LogP contribution in [0.25, 0.3) is 0 Å². The van der Waals surface area contributed by atoms with E-state index >= 15 is 0 Å². The van der Waals surface area contributed by atoms with Crippen LogP contribution in [-0.2, 0) is 4.79 Å². The van der Waals surface area contributed by atoms with Crippen molar-refractivity contribution in [2.75, 3.05) is 40.3 Å². The molecule has 118 valence electrons. The molecule has 0 heterocycles. The van der Waals surface area contributed by atoms with E-state index in [1.54, 1.807) is 4.90 Å². The molecule has 0 bridgehead atoms. The fourth-order valence-corrected chi connectivity index (χ4v) is 1.66. The lowest BCUT2D eigenvalue weighted by Gasteiger charge is -2.27. The van der Waals surface area contributed by atoms with Gasteiger partial charge in [-0.2, -0.15) is 0 Å². The molecule has 0 spiro atoms. The first-order chi connectivity index (χ1) is 9.27. The van der Waals surface area contributed by atoms with Crippen LogP contribution in [0.1, 0.15) is 20.3 Å². The van der Waals surface area contributed by atoms with E-state index in [4.69, 9.17) is 10.2 Å². The van der Waals surface area contributed by atoms with Crippen molar-refractivity contribution in [3.05, 3.63) is 0 Å². The summed E-state index contributed by atoms with van der Waals surface area (Å²) >= 11 is 0. The quantitative estimate of drug-likeness (QED) is 0.558. The number of amides is 2. The molecule has 0 aliphatic heterocycles. The molecule has 0 aromatic rings. The Kier molecular flexibility index (Phi) is 8.91. The molecule has 7 heteroatoms. The average molecular weight is 289 g/mol. The van der Waals surface area contributed by atoms with Crippen molar-refractivity contribution >= 4 is 12.0 Å². The van der Waals surface area contributed by atoms with Crippen molar-refractivity contribution in [1.29, 1.82) is 0 Å². The molecular formula is C13H27N3O4. The average Bonchev–Trinajstić information content (AvgIpc) is 2.32. The molecule has 7 nitrogen and oxygen atoms in total. The number of carboxylic acids is 1. The smallest absolute Gasteiger partial charge is 0.326 e. The summed E-state index contributed by atoms with van der Waals surface area (Å²) < 4.78 is 0. The third-order valence-electron chi connectivity index (χ3n) is 2.70. The second-order valence-corrected chi connectivity index (χ2v) is 5.50. The van der Waals surface area contributed by atoms with Gasteiger partial charge in [-0.3, -0.25) is 0 Å². The summed E-state index contributed by atoms with van der Waals surface area (Å²) in [6.07, 6.45) is 0.00424. The molecule has 3 N–H and O–H groups in total. The number of carbonyl (C=O) groups excluding carboxylic acids is 1. The van der Waals surface area contributed by atoms with Crippen molar-refractivity contribution < 1.29 is 19.8 Å². The fourth-order valence-electron chi connectivity index (χ4n) is 1.66. The van der Waals surface area contributed by atoms with E-state index in [1.165, 1.54) is 0 Å². The van der Waals surface area contributed by atoms with Gasteiger partial charge in [0.05, 0.1) is 0 Å². The van der Waals surface area contributed by atoms with Crippen LogP contribution in [0.5, 0.6) is 0 Å². The molecule has 0 saturated carbocycles. The Hall–Kier alpha value is -1.34. The summed E-state index contributed by atoms with van der Waals surface area (Å²) in [5.74, 6) is -0.839. The summed E-state index contributed by atoms with van der Waals surface area (Å²) in [7, 11) is 3.83. The molecular weight excluding hydrogens is 262 g/mol. The maximum atomic E-state index is 12.1. The van der Waals surface area contributed by atoms with Crippen LogP contribution in [-0.4, -0.2) is 78.4 Å². The van der Waals surface area contributed by atoms with Crippen LogP contribution in [0.2, 0.25) is 0 Å². The van der Waals surface area contributed by atoms with Gasteiger partial charge in [0, 0.05) is 32.7 Å². The van der Waals surface area contributed by atoms with E-state index in [0.29, 0.717) is 25.6 Å². The Labute approximate surface area is 120 Å². The predicted molar refractivity (Wildman–Crippen MR) is 76.6 cm³/mol. The standard InChI is InChI=1S/C13H27N3O4/c1-10(2)9-16(7-6-15(3)4)13(20)14-11(5-8-17)12(18)19/h10-11,17H,5-9H2,1-4H3,(H,14,20)(H,18,19)/t11-/m1/s1. The minimum Gasteiger partial charge on any atom is -0.480 e. The molecule has 0 unspecified atom stereocenters. The van der Waals surface area contributed by atoms with Crippen LogP contribution in [0.15, 0.2) is 0 Å². The van der Waals surface area contributed by atoms with Gasteiger partial charge in [0.25, 0.3) is 0 Å². The highest BCUT2D eigenvalue weighted by Gasteiger charge is 2.23. The third kappa shape index (κ3) is 7.96. The zero-order valence-electron chi connectivity index (χ0n) is 12.8. The zero-order chi connectivity index (χ0) is 15.7. The number of aliphatic carboxylic acids is 1. The minimum absolute atomic E-state index is 0.00424. The van der Waals surface area contributed by atoms with Crippen molar-refractivity contribution in [2.45, 2.75) is 26.3 Å². The Morgan fingerprint density at radius 3 is 2.20 bits per heavy atom. The van der Waals surface area contributed by atoms with E-state index in [2.05, 4.69) is 5.32 Å². The number of urea groups is 1. The number of carboxylic acid groups (broad SMARTS) is 1. The number of nitrogens with one attached hydrogen (secondary N) is 1. The predicted octanol–water partition coefficient (Wildman–Crippen LogP) is 0.0512. The van der Waals surface area contributed by atoms with Crippen LogP contribution in [0.4, 0.5) is 4.79 Å². The van der Waals surface area contributed by atoms with Gasteiger partial charge in [-0.05, 0) is 20.0 Å². The maximum absolute atomic E-state index is 12.1. The Morgan fingerprint density at radius 1 is 1.20 bits per heavy atom. The first kappa shape index (κ1) is 18.7. The molecule has 0 radical (unpaired) electrons. The molecule has 0 aliphatic rings. The first-order valence-electron chi connectivity index (χ1n) is 6.81. The van der Waals surface area contributed by atoms with Gasteiger partial charge in [0.1, 0.15) is 6.04 Å². The van der Waals surface area contributed by atoms with Crippen molar-refractivity contribution in [2.24, 2.45) is 5.92 Å². The van der Waals surface area contributed by atoms with Crippen molar-refractivity contribution in [3.8, 4) is 0 Å². The number of nitrogens with zero attached hydrogens (tertiary/aromatic N) is 2. The normalized spacial score (nSPS) is 12.6. The number of hydrogen-bond acceptors (Lipinski definition) is 4. The summed E-state index contributed by atoms with van der Waals surface area (Å²) in [6.45, 7) is 5.52. The Morgan fingerprint density at radius 2 is 1.80 bits per heavy atom. The van der Waals surface area contributed by atoms with Gasteiger partial charge in [0.15, 0.2) is 0 Å². The van der Waals surface area contributed by atoms with E-state index < -0.39 is 18.0 Å². The molecule has 0 aliphatic carbocycles. The van der Waals surface area contributed by atoms with Gasteiger partial charge in [-0.25, -0.2) is 9.59 Å². The number of rotatable bonds is 9. The van der Waals surface area contributed by atoms with E-state index in [9.17, 15) is 9.59 Å². The van der Waals surface area contributed by atoms with Crippen LogP contribution < -0.4 is 5.32 Å². The lowest BCUT2D eigenvalue weighted by atomic mass is 10.2. The zero-order valence-corrected chi connectivity index (χ0v) is 12.8. The Balaban J connectivity index is 4.61. The molecule has 1 atom stereocenters. The fraction of sp³-hybridized carbons (Fsp3) is 0.846. The third-order valence-corrected chi connectivity index (χ3v) is 2.70. The summed E-state index contributed by atoms with van der Waals surface area (Å²) in [6, 6.07) is -1.46. The number of carbonyl (C=O) groups is 2. The van der Waals surface area contributed by atoms with Gasteiger partial charge < -0.3 is 25.3 Å². The topological polar surface area (TPSA) is 93.1 Å². The van der Waals surface area contributed by atoms with E-state index in [0.717, 1.165) is 0 Å². The molecule has 0 fully saturated rings. The summed E-state index contributed by atoms with van der Waals surface area (Å²) in [5.41, 5.74) is 0. The molecule has 0 rings (SSSR count). The second kappa shape index (κ2) is 9.55. The monoisotopic (exact) mass is 289 g/mol. The number of likely N-dealkylation sites (N-methyl/N-ethyl adjacent to an activating group) is 1. The van der Waals surface area contributed by atoms with E-state index in [1.807, 2.05) is 32.8 Å². The lowest BCUT2D eigenvalue weighted by molar-refractivity contribution is -0.139. The lowest BCUT2D eigenvalue weighted by Crippen LogP contribution is -2.50. The molecule has 20 heavy (non-hydrogen) atoms. The van der Waals surface area contributed by atoms with Gasteiger partial charge in [-0.15, -0.1) is 0 Å². The highest BCUT2D eigenvalue weighted by atomic mass is 16.4. The number of aliphatic hydroxyl groups excluding tert-OH is 1. The van der Waals surface area contributed by atoms with Crippen LogP contribution in [0.3, 0.4) is 0 Å². The molecule has 2 amide bonds. The summed E-state index contributed by atoms with van der Waals surface area (Å²) in [4.78, 5) is 26.7. The first-order valence-corrected chi connectivity index (χ1v) is 6.81. The van der Waals surface area contributed by atoms with Gasteiger partial charge in [0.2, 0.25) is 0 Å². The highest BCUT2D eigenvalue weighted by molar-refractivity contribution is 5.82. The largest absolute Gasteiger partial charge is 0.480 e. The number of aliphatic hydroxyl groups is 1. The SMILES string of the molecule is CC(C)CN(CCN(C)C)C(=O)N[C@H](CCO)C(=O)O. The van der Waals surface area contributed by atoms with Crippen molar-refractivity contribution in [3.63, 3.8) is 0 Å². The minimum atomic E-state index is -1.13. The molecule has 0 aromatic heterocycles. The van der Waals surface area contributed by atoms with Gasteiger partial charge in [-0.1, -0.05) is 13.8 Å².